The number of aryl methyl sites for hydroxylation is 4. The molecule has 184 valence electrons. The minimum atomic E-state index is 0. The molecule has 0 unspecified atom stereocenters. The normalized spacial score (nSPS) is 10.3. The van der Waals surface area contributed by atoms with Crippen LogP contribution in [-0.2, 0) is 43.0 Å². The average molecular weight is 489 g/mol. The van der Waals surface area contributed by atoms with Crippen molar-refractivity contribution in [3.05, 3.63) is 70.8 Å². The fraction of sp³-hybridized carbons (Fsp3) is 0.625. The summed E-state index contributed by atoms with van der Waals surface area (Å²) in [4.78, 5) is 0. The second-order valence-electron chi connectivity index (χ2n) is 9.47. The summed E-state index contributed by atoms with van der Waals surface area (Å²) in [5.74, 6) is 0. The Hall–Kier alpha value is -1.03. The number of benzene rings is 2. The summed E-state index contributed by atoms with van der Waals surface area (Å²) >= 11 is 0. The third-order valence-corrected chi connectivity index (χ3v) is 6.26. The Kier molecular flexibility index (Phi) is 22.0. The predicted octanol–water partition coefficient (Wildman–Crippen LogP) is 10.3. The molecule has 0 aliphatic heterocycles. The van der Waals surface area contributed by atoms with Gasteiger partial charge in [-0.1, -0.05) is 128 Å². The van der Waals surface area contributed by atoms with Gasteiger partial charge in [-0.3, -0.25) is 0 Å². The summed E-state index contributed by atoms with van der Waals surface area (Å²) in [5, 5.41) is 0. The monoisotopic (exact) mass is 488 g/mol. The molecule has 0 amide bonds. The van der Waals surface area contributed by atoms with Gasteiger partial charge in [-0.2, -0.15) is 0 Å². The Morgan fingerprint density at radius 3 is 0.848 bits per heavy atom. The maximum atomic E-state index is 2.41. The maximum Gasteiger partial charge on any atom is 2.00 e. The van der Waals surface area contributed by atoms with Crippen molar-refractivity contribution in [3.8, 4) is 0 Å². The van der Waals surface area contributed by atoms with Gasteiger partial charge in [0.15, 0.2) is 0 Å². The molecule has 0 nitrogen and oxygen atoms in total. The topological polar surface area (TPSA) is 0 Å². The van der Waals surface area contributed by atoms with Crippen molar-refractivity contribution in [2.45, 2.75) is 130 Å². The first-order valence-corrected chi connectivity index (χ1v) is 13.9. The summed E-state index contributed by atoms with van der Waals surface area (Å²) in [5.41, 5.74) is 6.12. The SMILES string of the molecule is CCCCCc1cccc(CCCCC)c1.CCCCCc1cccc(CCCCC)c1.[Cr+2]. The van der Waals surface area contributed by atoms with Gasteiger partial charge in [-0.25, -0.2) is 0 Å². The first-order chi connectivity index (χ1) is 15.7. The molecule has 2 rings (SSSR count). The van der Waals surface area contributed by atoms with Gasteiger partial charge in [0.05, 0.1) is 0 Å². The van der Waals surface area contributed by atoms with Gasteiger partial charge in [0.25, 0.3) is 0 Å². The van der Waals surface area contributed by atoms with Gasteiger partial charge in [-0.15, -0.1) is 0 Å². The van der Waals surface area contributed by atoms with Crippen molar-refractivity contribution in [1.29, 1.82) is 0 Å². The molecule has 2 aromatic rings. The molecule has 0 saturated heterocycles. The number of hydrogen-bond acceptors (Lipinski definition) is 0. The molecule has 0 bridgehead atoms. The van der Waals surface area contributed by atoms with E-state index in [2.05, 4.69) is 76.2 Å². The third-order valence-electron chi connectivity index (χ3n) is 6.26. The molecule has 0 aliphatic rings. The summed E-state index contributed by atoms with van der Waals surface area (Å²) in [7, 11) is 0. The van der Waals surface area contributed by atoms with Crippen molar-refractivity contribution in [2.75, 3.05) is 0 Å². The minimum Gasteiger partial charge on any atom is -0.0654 e. The van der Waals surface area contributed by atoms with Crippen LogP contribution in [0.4, 0.5) is 0 Å². The van der Waals surface area contributed by atoms with Crippen molar-refractivity contribution in [3.63, 3.8) is 0 Å². The molecule has 0 atom stereocenters. The van der Waals surface area contributed by atoms with E-state index in [9.17, 15) is 0 Å². The van der Waals surface area contributed by atoms with E-state index in [0.29, 0.717) is 0 Å². The van der Waals surface area contributed by atoms with Gasteiger partial charge in [0.1, 0.15) is 0 Å². The molecule has 0 aliphatic carbocycles. The van der Waals surface area contributed by atoms with Gasteiger partial charge < -0.3 is 0 Å². The fourth-order valence-corrected chi connectivity index (χ4v) is 4.20. The zero-order valence-electron chi connectivity index (χ0n) is 22.3. The van der Waals surface area contributed by atoms with Crippen LogP contribution in [0.5, 0.6) is 0 Å². The quantitative estimate of drug-likeness (QED) is 0.206. The second-order valence-corrected chi connectivity index (χ2v) is 9.47. The van der Waals surface area contributed by atoms with Crippen LogP contribution >= 0.6 is 0 Å². The van der Waals surface area contributed by atoms with E-state index in [0.717, 1.165) is 0 Å². The number of rotatable bonds is 16. The summed E-state index contributed by atoms with van der Waals surface area (Å²) in [6.45, 7) is 9.06. The summed E-state index contributed by atoms with van der Waals surface area (Å²) in [6, 6.07) is 18.4. The second kappa shape index (κ2) is 22.7. The fourth-order valence-electron chi connectivity index (χ4n) is 4.20. The van der Waals surface area contributed by atoms with E-state index in [1.54, 1.807) is 0 Å². The van der Waals surface area contributed by atoms with E-state index >= 15 is 0 Å². The zero-order valence-corrected chi connectivity index (χ0v) is 23.6. The molecule has 0 heterocycles. The maximum absolute atomic E-state index is 2.41. The van der Waals surface area contributed by atoms with Crippen LogP contribution in [0.3, 0.4) is 0 Å². The van der Waals surface area contributed by atoms with Gasteiger partial charge in [0, 0.05) is 0 Å². The Bertz CT molecular complexity index is 566. The largest absolute Gasteiger partial charge is 2.00 e. The summed E-state index contributed by atoms with van der Waals surface area (Å²) < 4.78 is 0. The Morgan fingerprint density at radius 2 is 0.636 bits per heavy atom. The molecule has 1 heteroatoms. The van der Waals surface area contributed by atoms with Gasteiger partial charge in [-0.05, 0) is 73.6 Å². The molecule has 0 radical (unpaired) electrons. The third kappa shape index (κ3) is 17.1. The molecular weight excluding hydrogens is 436 g/mol. The molecule has 0 saturated carbocycles. The average Bonchev–Trinajstić information content (AvgIpc) is 2.81. The first kappa shape index (κ1) is 32.0. The molecule has 0 spiro atoms. The Labute approximate surface area is 218 Å². The van der Waals surface area contributed by atoms with Crippen LogP contribution in [0, 0.1) is 0 Å². The molecule has 33 heavy (non-hydrogen) atoms. The molecular formula is C32H52Cr+2. The van der Waals surface area contributed by atoms with E-state index in [4.69, 9.17) is 0 Å². The van der Waals surface area contributed by atoms with Crippen LogP contribution in [-0.4, -0.2) is 0 Å². The molecule has 0 aromatic heterocycles. The van der Waals surface area contributed by atoms with Crippen molar-refractivity contribution < 1.29 is 17.4 Å². The van der Waals surface area contributed by atoms with Crippen molar-refractivity contribution >= 4 is 0 Å². The van der Waals surface area contributed by atoms with Gasteiger partial charge >= 0.3 is 17.4 Å². The smallest absolute Gasteiger partial charge is 0.0654 e. The predicted molar refractivity (Wildman–Crippen MR) is 146 cm³/mol. The Morgan fingerprint density at radius 1 is 0.394 bits per heavy atom. The van der Waals surface area contributed by atoms with Crippen molar-refractivity contribution in [1.82, 2.24) is 0 Å². The van der Waals surface area contributed by atoms with Crippen LogP contribution in [0.2, 0.25) is 0 Å². The Balaban J connectivity index is 0.000000602. The van der Waals surface area contributed by atoms with Crippen LogP contribution in [0.1, 0.15) is 127 Å². The van der Waals surface area contributed by atoms with Crippen LogP contribution in [0.25, 0.3) is 0 Å². The van der Waals surface area contributed by atoms with E-state index in [-0.39, 0.29) is 17.4 Å². The van der Waals surface area contributed by atoms with E-state index in [1.165, 1.54) is 125 Å². The van der Waals surface area contributed by atoms with Gasteiger partial charge in [0.2, 0.25) is 0 Å². The molecule has 2 aromatic carbocycles. The number of hydrogen-bond donors (Lipinski definition) is 0. The first-order valence-electron chi connectivity index (χ1n) is 13.9. The van der Waals surface area contributed by atoms with Crippen LogP contribution < -0.4 is 0 Å². The van der Waals surface area contributed by atoms with E-state index < -0.39 is 0 Å². The zero-order chi connectivity index (χ0) is 23.3. The minimum absolute atomic E-state index is 0. The molecule has 0 fully saturated rings. The van der Waals surface area contributed by atoms with E-state index in [1.807, 2.05) is 0 Å². The number of unbranched alkanes of at least 4 members (excludes halogenated alkanes) is 8. The molecule has 0 N–H and O–H groups in total. The summed E-state index contributed by atoms with van der Waals surface area (Å²) in [6.07, 6.45) is 21.1. The van der Waals surface area contributed by atoms with Crippen LogP contribution in [0.15, 0.2) is 48.5 Å². The standard InChI is InChI=1S/2C16H26.Cr/c2*1-3-5-7-10-15-12-9-13-16(14-15)11-8-6-4-2;/h2*9,12-14H,3-8,10-11H2,1-2H3;/q;;+2. The van der Waals surface area contributed by atoms with Crippen molar-refractivity contribution in [2.24, 2.45) is 0 Å².